The Labute approximate surface area is 182 Å². The van der Waals surface area contributed by atoms with Crippen LogP contribution in [0.1, 0.15) is 12.3 Å². The van der Waals surface area contributed by atoms with Gasteiger partial charge in [-0.1, -0.05) is 35.5 Å². The second kappa shape index (κ2) is 9.42. The largest absolute Gasteiger partial charge is 0.420 e. The number of hydrogen-bond acceptors (Lipinski definition) is 7. The van der Waals surface area contributed by atoms with Gasteiger partial charge in [-0.15, -0.1) is 10.2 Å². The lowest BCUT2D eigenvalue weighted by atomic mass is 10.2. The van der Waals surface area contributed by atoms with Crippen molar-refractivity contribution in [2.45, 2.75) is 23.9 Å². The van der Waals surface area contributed by atoms with E-state index in [1.165, 1.54) is 11.8 Å². The van der Waals surface area contributed by atoms with Crippen LogP contribution in [0.25, 0.3) is 22.4 Å². The highest BCUT2D eigenvalue weighted by molar-refractivity contribution is 7.98. The van der Waals surface area contributed by atoms with Gasteiger partial charge in [-0.3, -0.25) is 9.36 Å². The first-order chi connectivity index (χ1) is 14.7. The van der Waals surface area contributed by atoms with E-state index < -0.39 is 0 Å². The standard InChI is InChI=1S/C21H19ClN4O3S/c1-28-12-4-11-26-20(27)16-5-2-3-6-17(16)23-21(26)30-13-18-24-25-19(29-18)14-7-9-15(22)10-8-14/h2-3,5-10H,4,11-13H2,1H3. The molecule has 0 radical (unpaired) electrons. The molecule has 9 heteroatoms. The van der Waals surface area contributed by atoms with Crippen molar-refractivity contribution in [2.75, 3.05) is 13.7 Å². The Hall–Kier alpha value is -2.68. The molecule has 0 bridgehead atoms. The van der Waals surface area contributed by atoms with Crippen LogP contribution in [0, 0.1) is 0 Å². The summed E-state index contributed by atoms with van der Waals surface area (Å²) in [6, 6.07) is 14.5. The van der Waals surface area contributed by atoms with Crippen molar-refractivity contribution in [3.63, 3.8) is 0 Å². The molecule has 30 heavy (non-hydrogen) atoms. The molecule has 0 saturated heterocycles. The summed E-state index contributed by atoms with van der Waals surface area (Å²) in [5, 5.41) is 10.1. The van der Waals surface area contributed by atoms with Gasteiger partial charge in [0.25, 0.3) is 5.56 Å². The van der Waals surface area contributed by atoms with E-state index in [4.69, 9.17) is 20.8 Å². The van der Waals surface area contributed by atoms with E-state index >= 15 is 0 Å². The van der Waals surface area contributed by atoms with Crippen LogP contribution >= 0.6 is 23.4 Å². The molecule has 0 amide bonds. The number of para-hydroxylation sites is 1. The maximum absolute atomic E-state index is 13.0. The topological polar surface area (TPSA) is 83.0 Å². The number of nitrogens with zero attached hydrogens (tertiary/aromatic N) is 4. The average Bonchev–Trinajstić information content (AvgIpc) is 3.24. The van der Waals surface area contributed by atoms with E-state index in [9.17, 15) is 4.79 Å². The minimum absolute atomic E-state index is 0.0633. The van der Waals surface area contributed by atoms with Crippen LogP contribution in [0.15, 0.2) is 62.9 Å². The summed E-state index contributed by atoms with van der Waals surface area (Å²) in [5.74, 6) is 1.28. The van der Waals surface area contributed by atoms with Crippen molar-refractivity contribution in [1.82, 2.24) is 19.7 Å². The van der Waals surface area contributed by atoms with E-state index in [-0.39, 0.29) is 5.56 Å². The van der Waals surface area contributed by atoms with Gasteiger partial charge >= 0.3 is 0 Å². The number of methoxy groups -OCH3 is 1. The zero-order valence-electron chi connectivity index (χ0n) is 16.2. The molecule has 4 rings (SSSR count). The summed E-state index contributed by atoms with van der Waals surface area (Å²) >= 11 is 7.32. The fraction of sp³-hybridized carbons (Fsp3) is 0.238. The predicted molar refractivity (Wildman–Crippen MR) is 117 cm³/mol. The molecular formula is C21H19ClN4O3S. The normalized spacial score (nSPS) is 11.3. The Morgan fingerprint density at radius 1 is 1.13 bits per heavy atom. The third-order valence-corrected chi connectivity index (χ3v) is 5.65. The van der Waals surface area contributed by atoms with Crippen molar-refractivity contribution < 1.29 is 9.15 Å². The maximum atomic E-state index is 13.0. The number of benzene rings is 2. The fourth-order valence-electron chi connectivity index (χ4n) is 2.97. The molecule has 2 aromatic heterocycles. The second-order valence-corrected chi connectivity index (χ2v) is 7.89. The molecule has 2 aromatic carbocycles. The van der Waals surface area contributed by atoms with Gasteiger partial charge in [0.1, 0.15) is 0 Å². The first kappa shape index (κ1) is 20.6. The number of rotatable bonds is 8. The van der Waals surface area contributed by atoms with Crippen molar-refractivity contribution >= 4 is 34.3 Å². The second-order valence-electron chi connectivity index (χ2n) is 6.51. The van der Waals surface area contributed by atoms with Crippen LogP contribution in [-0.2, 0) is 17.0 Å². The van der Waals surface area contributed by atoms with Crippen LogP contribution in [0.2, 0.25) is 5.02 Å². The van der Waals surface area contributed by atoms with Gasteiger partial charge in [-0.2, -0.15) is 0 Å². The molecule has 2 heterocycles. The number of fused-ring (bicyclic) bond motifs is 1. The van der Waals surface area contributed by atoms with Crippen LogP contribution in [0.5, 0.6) is 0 Å². The summed E-state index contributed by atoms with van der Waals surface area (Å²) in [5.41, 5.74) is 1.40. The predicted octanol–water partition coefficient (Wildman–Crippen LogP) is 4.43. The lowest BCUT2D eigenvalue weighted by Crippen LogP contribution is -2.24. The molecule has 4 aromatic rings. The van der Waals surface area contributed by atoms with Crippen LogP contribution in [-0.4, -0.2) is 33.5 Å². The SMILES string of the molecule is COCCCn1c(SCc2nnc(-c3ccc(Cl)cc3)o2)nc2ccccc2c1=O. The Morgan fingerprint density at radius 2 is 1.93 bits per heavy atom. The van der Waals surface area contributed by atoms with Crippen LogP contribution in [0.4, 0.5) is 0 Å². The number of hydrogen-bond donors (Lipinski definition) is 0. The molecule has 154 valence electrons. The van der Waals surface area contributed by atoms with E-state index in [1.807, 2.05) is 30.3 Å². The van der Waals surface area contributed by atoms with E-state index in [0.29, 0.717) is 58.2 Å². The Morgan fingerprint density at radius 3 is 2.73 bits per heavy atom. The summed E-state index contributed by atoms with van der Waals surface area (Å²) in [4.78, 5) is 17.7. The monoisotopic (exact) mass is 442 g/mol. The Bertz CT molecular complexity index is 1210. The van der Waals surface area contributed by atoms with Crippen molar-refractivity contribution in [2.24, 2.45) is 0 Å². The molecule has 0 aliphatic rings. The van der Waals surface area contributed by atoms with Crippen molar-refractivity contribution in [3.8, 4) is 11.5 Å². The number of aromatic nitrogens is 4. The lowest BCUT2D eigenvalue weighted by molar-refractivity contribution is 0.189. The zero-order valence-corrected chi connectivity index (χ0v) is 17.8. The summed E-state index contributed by atoms with van der Waals surface area (Å²) in [7, 11) is 1.64. The van der Waals surface area contributed by atoms with Gasteiger partial charge in [0.15, 0.2) is 5.16 Å². The molecule has 0 aliphatic heterocycles. The molecule has 7 nitrogen and oxygen atoms in total. The maximum Gasteiger partial charge on any atom is 0.262 e. The highest BCUT2D eigenvalue weighted by Gasteiger charge is 2.14. The molecular weight excluding hydrogens is 424 g/mol. The summed E-state index contributed by atoms with van der Waals surface area (Å²) in [6.07, 6.45) is 0.714. The fourth-order valence-corrected chi connectivity index (χ4v) is 3.96. The van der Waals surface area contributed by atoms with Crippen molar-refractivity contribution in [3.05, 3.63) is 69.8 Å². The van der Waals surface area contributed by atoms with Crippen LogP contribution in [0.3, 0.4) is 0 Å². The van der Waals surface area contributed by atoms with Gasteiger partial charge in [0.2, 0.25) is 11.8 Å². The number of halogens is 1. The molecule has 0 spiro atoms. The summed E-state index contributed by atoms with van der Waals surface area (Å²) < 4.78 is 12.6. The first-order valence-corrected chi connectivity index (χ1v) is 10.7. The highest BCUT2D eigenvalue weighted by Crippen LogP contribution is 2.25. The van der Waals surface area contributed by atoms with Gasteiger partial charge in [-0.25, -0.2) is 4.98 Å². The zero-order chi connectivity index (χ0) is 20.9. The number of ether oxygens (including phenoxy) is 1. The molecule has 0 atom stereocenters. The Kier molecular flexibility index (Phi) is 6.47. The molecule has 0 N–H and O–H groups in total. The molecule has 0 aliphatic carbocycles. The third kappa shape index (κ3) is 4.56. The number of thioether (sulfide) groups is 1. The van der Waals surface area contributed by atoms with Gasteiger partial charge < -0.3 is 9.15 Å². The Balaban J connectivity index is 1.58. The molecule has 0 fully saturated rings. The van der Waals surface area contributed by atoms with E-state index in [0.717, 1.165) is 5.56 Å². The van der Waals surface area contributed by atoms with Crippen LogP contribution < -0.4 is 5.56 Å². The molecule has 0 saturated carbocycles. The average molecular weight is 443 g/mol. The minimum Gasteiger partial charge on any atom is -0.420 e. The van der Waals surface area contributed by atoms with Gasteiger partial charge in [-0.05, 0) is 42.8 Å². The van der Waals surface area contributed by atoms with Crippen molar-refractivity contribution in [1.29, 1.82) is 0 Å². The van der Waals surface area contributed by atoms with E-state index in [2.05, 4.69) is 15.2 Å². The lowest BCUT2D eigenvalue weighted by Gasteiger charge is -2.12. The first-order valence-electron chi connectivity index (χ1n) is 9.35. The smallest absolute Gasteiger partial charge is 0.262 e. The van der Waals surface area contributed by atoms with Gasteiger partial charge in [0.05, 0.1) is 16.7 Å². The minimum atomic E-state index is -0.0633. The molecule has 0 unspecified atom stereocenters. The van der Waals surface area contributed by atoms with Gasteiger partial charge in [0, 0.05) is 30.8 Å². The highest BCUT2D eigenvalue weighted by atomic mass is 35.5. The van der Waals surface area contributed by atoms with E-state index in [1.54, 1.807) is 29.9 Å². The summed E-state index contributed by atoms with van der Waals surface area (Å²) in [6.45, 7) is 1.09. The quantitative estimate of drug-likeness (QED) is 0.227. The third-order valence-electron chi connectivity index (χ3n) is 4.44.